The van der Waals surface area contributed by atoms with Crippen LogP contribution in [0, 0.1) is 12.7 Å². The Balaban J connectivity index is 2.14. The lowest BCUT2D eigenvalue weighted by Gasteiger charge is -2.12. The Labute approximate surface area is 143 Å². The second-order valence-corrected chi connectivity index (χ2v) is 6.28. The molecule has 0 spiro atoms. The van der Waals surface area contributed by atoms with Crippen LogP contribution in [0.25, 0.3) is 16.9 Å². The van der Waals surface area contributed by atoms with Gasteiger partial charge in [0.25, 0.3) is 0 Å². The van der Waals surface area contributed by atoms with Gasteiger partial charge in [-0.2, -0.15) is 0 Å². The number of carbonyl (C=O) groups is 1. The minimum Gasteiger partial charge on any atom is -0.369 e. The molecule has 2 aromatic carbocycles. The number of amides is 1. The molecule has 0 aliphatic carbocycles. The van der Waals surface area contributed by atoms with Crippen LogP contribution in [0.3, 0.4) is 0 Å². The van der Waals surface area contributed by atoms with Crippen LogP contribution in [0.2, 0.25) is 0 Å². The number of thioether (sulfide) groups is 1. The average Bonchev–Trinajstić information content (AvgIpc) is 2.98. The number of aromatic nitrogens is 2. The predicted octanol–water partition coefficient (Wildman–Crippen LogP) is 3.56. The Morgan fingerprint density at radius 1 is 1.21 bits per heavy atom. The van der Waals surface area contributed by atoms with Crippen LogP contribution in [-0.2, 0) is 4.79 Å². The SMILES string of the molecule is Cc1ccc(-c2cnc(SCC(N)=O)n2-c2ccccc2F)cc1. The van der Waals surface area contributed by atoms with E-state index in [1.807, 2.05) is 31.2 Å². The summed E-state index contributed by atoms with van der Waals surface area (Å²) in [6.07, 6.45) is 1.68. The molecule has 0 aliphatic heterocycles. The number of aryl methyl sites for hydroxylation is 1. The van der Waals surface area contributed by atoms with Gasteiger partial charge in [-0.3, -0.25) is 9.36 Å². The fourth-order valence-electron chi connectivity index (χ4n) is 2.37. The van der Waals surface area contributed by atoms with E-state index in [2.05, 4.69) is 4.98 Å². The fraction of sp³-hybridized carbons (Fsp3) is 0.111. The molecule has 4 nitrogen and oxygen atoms in total. The van der Waals surface area contributed by atoms with Gasteiger partial charge in [0.2, 0.25) is 5.91 Å². The Bertz CT molecular complexity index is 874. The van der Waals surface area contributed by atoms with Crippen molar-refractivity contribution in [2.24, 2.45) is 5.73 Å². The zero-order valence-corrected chi connectivity index (χ0v) is 13.9. The number of rotatable bonds is 5. The summed E-state index contributed by atoms with van der Waals surface area (Å²) in [5.41, 5.74) is 8.42. The highest BCUT2D eigenvalue weighted by atomic mass is 32.2. The molecule has 0 saturated carbocycles. The van der Waals surface area contributed by atoms with Gasteiger partial charge in [-0.1, -0.05) is 53.7 Å². The number of nitrogens with zero attached hydrogens (tertiary/aromatic N) is 2. The van der Waals surface area contributed by atoms with E-state index in [0.29, 0.717) is 10.8 Å². The lowest BCUT2D eigenvalue weighted by atomic mass is 10.1. The van der Waals surface area contributed by atoms with E-state index in [1.54, 1.807) is 29.0 Å². The maximum Gasteiger partial charge on any atom is 0.227 e. The first-order chi connectivity index (χ1) is 11.6. The third-order valence-electron chi connectivity index (χ3n) is 3.51. The van der Waals surface area contributed by atoms with E-state index >= 15 is 0 Å². The summed E-state index contributed by atoms with van der Waals surface area (Å²) in [6, 6.07) is 14.4. The van der Waals surface area contributed by atoms with Gasteiger partial charge in [-0.05, 0) is 19.1 Å². The summed E-state index contributed by atoms with van der Waals surface area (Å²) in [4.78, 5) is 15.4. The van der Waals surface area contributed by atoms with Crippen molar-refractivity contribution in [3.05, 3.63) is 66.1 Å². The lowest BCUT2D eigenvalue weighted by Crippen LogP contribution is -2.14. The van der Waals surface area contributed by atoms with E-state index in [-0.39, 0.29) is 11.6 Å². The smallest absolute Gasteiger partial charge is 0.227 e. The molecule has 0 bridgehead atoms. The molecule has 0 aliphatic rings. The monoisotopic (exact) mass is 341 g/mol. The molecule has 6 heteroatoms. The molecule has 3 aromatic rings. The van der Waals surface area contributed by atoms with Gasteiger partial charge >= 0.3 is 0 Å². The van der Waals surface area contributed by atoms with E-state index in [0.717, 1.165) is 16.8 Å². The predicted molar refractivity (Wildman–Crippen MR) is 93.6 cm³/mol. The maximum absolute atomic E-state index is 14.3. The van der Waals surface area contributed by atoms with Crippen molar-refractivity contribution in [1.82, 2.24) is 9.55 Å². The van der Waals surface area contributed by atoms with Gasteiger partial charge in [-0.25, -0.2) is 9.37 Å². The zero-order chi connectivity index (χ0) is 17.1. The van der Waals surface area contributed by atoms with Gasteiger partial charge in [0, 0.05) is 5.56 Å². The third-order valence-corrected chi connectivity index (χ3v) is 4.49. The Morgan fingerprint density at radius 2 is 1.92 bits per heavy atom. The summed E-state index contributed by atoms with van der Waals surface area (Å²) >= 11 is 1.19. The van der Waals surface area contributed by atoms with Crippen molar-refractivity contribution in [2.45, 2.75) is 12.1 Å². The van der Waals surface area contributed by atoms with Crippen LogP contribution in [0.1, 0.15) is 5.56 Å². The summed E-state index contributed by atoms with van der Waals surface area (Å²) in [5.74, 6) is -0.719. The number of hydrogen-bond donors (Lipinski definition) is 1. The molecule has 1 aromatic heterocycles. The Morgan fingerprint density at radius 3 is 2.58 bits per heavy atom. The maximum atomic E-state index is 14.3. The van der Waals surface area contributed by atoms with E-state index in [1.165, 1.54) is 17.8 Å². The van der Waals surface area contributed by atoms with E-state index in [4.69, 9.17) is 5.73 Å². The molecule has 122 valence electrons. The average molecular weight is 341 g/mol. The molecule has 0 fully saturated rings. The van der Waals surface area contributed by atoms with Gasteiger partial charge in [0.1, 0.15) is 5.82 Å². The van der Waals surface area contributed by atoms with Crippen LogP contribution in [-0.4, -0.2) is 21.2 Å². The molecule has 1 heterocycles. The lowest BCUT2D eigenvalue weighted by molar-refractivity contribution is -0.115. The number of nitrogens with two attached hydrogens (primary N) is 1. The minimum absolute atomic E-state index is 0.0821. The molecule has 2 N–H and O–H groups in total. The quantitative estimate of drug-likeness (QED) is 0.722. The standard InChI is InChI=1S/C18H16FN3OS/c1-12-6-8-13(9-7-12)16-10-21-18(24-11-17(20)23)22(16)15-5-3-2-4-14(15)19/h2-10H,11H2,1H3,(H2,20,23). The summed E-state index contributed by atoms with van der Waals surface area (Å²) < 4.78 is 16.1. The van der Waals surface area contributed by atoms with Crippen LogP contribution < -0.4 is 5.73 Å². The van der Waals surface area contributed by atoms with E-state index in [9.17, 15) is 9.18 Å². The van der Waals surface area contributed by atoms with Crippen LogP contribution in [0.4, 0.5) is 4.39 Å². The number of para-hydroxylation sites is 1. The third kappa shape index (κ3) is 3.33. The van der Waals surface area contributed by atoms with Gasteiger partial charge in [0.15, 0.2) is 5.16 Å². The van der Waals surface area contributed by atoms with Crippen molar-refractivity contribution in [3.63, 3.8) is 0 Å². The molecule has 0 unspecified atom stereocenters. The first-order valence-corrected chi connectivity index (χ1v) is 8.35. The Hall–Kier alpha value is -2.60. The van der Waals surface area contributed by atoms with Gasteiger partial charge < -0.3 is 5.73 Å². The first-order valence-electron chi connectivity index (χ1n) is 7.37. The molecule has 0 radical (unpaired) electrons. The molecular weight excluding hydrogens is 325 g/mol. The van der Waals surface area contributed by atoms with Crippen molar-refractivity contribution < 1.29 is 9.18 Å². The summed E-state index contributed by atoms with van der Waals surface area (Å²) in [6.45, 7) is 2.01. The number of hydrogen-bond acceptors (Lipinski definition) is 3. The number of halogens is 1. The molecular formula is C18H16FN3OS. The molecule has 0 saturated heterocycles. The first kappa shape index (κ1) is 16.3. The number of benzene rings is 2. The highest BCUT2D eigenvalue weighted by Gasteiger charge is 2.17. The molecule has 1 amide bonds. The van der Waals surface area contributed by atoms with Crippen LogP contribution in [0.15, 0.2) is 59.9 Å². The normalized spacial score (nSPS) is 10.8. The van der Waals surface area contributed by atoms with Crippen molar-refractivity contribution in [1.29, 1.82) is 0 Å². The Kier molecular flexibility index (Phi) is 4.66. The summed E-state index contributed by atoms with van der Waals surface area (Å²) in [5, 5.41) is 0.523. The van der Waals surface area contributed by atoms with Gasteiger partial charge in [0.05, 0.1) is 23.3 Å². The molecule has 3 rings (SSSR count). The molecule has 0 atom stereocenters. The van der Waals surface area contributed by atoms with E-state index < -0.39 is 5.91 Å². The molecule has 24 heavy (non-hydrogen) atoms. The summed E-state index contributed by atoms with van der Waals surface area (Å²) in [7, 11) is 0. The highest BCUT2D eigenvalue weighted by molar-refractivity contribution is 7.99. The fourth-order valence-corrected chi connectivity index (χ4v) is 3.09. The van der Waals surface area contributed by atoms with Crippen LogP contribution >= 0.6 is 11.8 Å². The number of imidazole rings is 1. The van der Waals surface area contributed by atoms with Crippen molar-refractivity contribution >= 4 is 17.7 Å². The topological polar surface area (TPSA) is 60.9 Å². The zero-order valence-electron chi connectivity index (χ0n) is 13.1. The largest absolute Gasteiger partial charge is 0.369 e. The number of primary amides is 1. The van der Waals surface area contributed by atoms with Crippen LogP contribution in [0.5, 0.6) is 0 Å². The minimum atomic E-state index is -0.444. The second-order valence-electron chi connectivity index (χ2n) is 5.33. The van der Waals surface area contributed by atoms with Gasteiger partial charge in [-0.15, -0.1) is 0 Å². The number of carbonyl (C=O) groups excluding carboxylic acids is 1. The van der Waals surface area contributed by atoms with Crippen molar-refractivity contribution in [3.8, 4) is 16.9 Å². The highest BCUT2D eigenvalue weighted by Crippen LogP contribution is 2.30. The van der Waals surface area contributed by atoms with Crippen molar-refractivity contribution in [2.75, 3.05) is 5.75 Å². The second kappa shape index (κ2) is 6.88.